The molecule has 1 fully saturated rings. The van der Waals surface area contributed by atoms with Crippen molar-refractivity contribution in [1.82, 2.24) is 5.32 Å². The quantitative estimate of drug-likeness (QED) is 0.731. The van der Waals surface area contributed by atoms with E-state index in [4.69, 9.17) is 9.47 Å². The van der Waals surface area contributed by atoms with Crippen LogP contribution in [0.15, 0.2) is 24.3 Å². The Hall–Kier alpha value is -1.06. The van der Waals surface area contributed by atoms with Crippen molar-refractivity contribution in [3.8, 4) is 5.75 Å². The zero-order chi connectivity index (χ0) is 13.3. The topological polar surface area (TPSA) is 30.5 Å². The highest BCUT2D eigenvalue weighted by Crippen LogP contribution is 2.17. The van der Waals surface area contributed by atoms with Gasteiger partial charge < -0.3 is 14.8 Å². The number of methoxy groups -OCH3 is 1. The average molecular weight is 263 g/mol. The standard InChI is InChI=1S/C16H25NO2/c1-18-16-9-4-6-14(12-16)13-19-11-5-10-17-15-7-2-3-8-15/h4,6,9,12,15,17H,2-3,5,7-8,10-11,13H2,1H3. The summed E-state index contributed by atoms with van der Waals surface area (Å²) in [6.45, 7) is 2.56. The summed E-state index contributed by atoms with van der Waals surface area (Å²) >= 11 is 0. The van der Waals surface area contributed by atoms with Crippen LogP contribution in [0.1, 0.15) is 37.7 Å². The number of hydrogen-bond donors (Lipinski definition) is 1. The highest BCUT2D eigenvalue weighted by atomic mass is 16.5. The normalized spacial score (nSPS) is 15.8. The Balaban J connectivity index is 1.53. The molecule has 1 aliphatic rings. The maximum atomic E-state index is 5.69. The zero-order valence-corrected chi connectivity index (χ0v) is 11.9. The number of hydrogen-bond acceptors (Lipinski definition) is 3. The Morgan fingerprint density at radius 1 is 1.26 bits per heavy atom. The number of rotatable bonds is 8. The molecule has 0 bridgehead atoms. The third kappa shape index (κ3) is 5.21. The molecule has 1 aromatic rings. The molecule has 2 rings (SSSR count). The lowest BCUT2D eigenvalue weighted by molar-refractivity contribution is 0.117. The van der Waals surface area contributed by atoms with Crippen LogP contribution in [0.3, 0.4) is 0 Å². The first-order chi connectivity index (χ1) is 9.38. The molecule has 0 saturated heterocycles. The lowest BCUT2D eigenvalue weighted by Crippen LogP contribution is -2.27. The van der Waals surface area contributed by atoms with Crippen molar-refractivity contribution in [2.75, 3.05) is 20.3 Å². The molecule has 106 valence electrons. The van der Waals surface area contributed by atoms with Crippen LogP contribution in [0.2, 0.25) is 0 Å². The summed E-state index contributed by atoms with van der Waals surface area (Å²) in [6, 6.07) is 8.81. The molecule has 0 aromatic heterocycles. The van der Waals surface area contributed by atoms with Crippen molar-refractivity contribution in [2.24, 2.45) is 0 Å². The zero-order valence-electron chi connectivity index (χ0n) is 11.9. The Bertz CT molecular complexity index is 362. The summed E-state index contributed by atoms with van der Waals surface area (Å²) in [4.78, 5) is 0. The predicted molar refractivity (Wildman–Crippen MR) is 77.5 cm³/mol. The largest absolute Gasteiger partial charge is 0.497 e. The van der Waals surface area contributed by atoms with Gasteiger partial charge in [0.25, 0.3) is 0 Å². The first kappa shape index (κ1) is 14.4. The highest BCUT2D eigenvalue weighted by Gasteiger charge is 2.12. The molecule has 19 heavy (non-hydrogen) atoms. The second-order valence-corrected chi connectivity index (χ2v) is 5.19. The summed E-state index contributed by atoms with van der Waals surface area (Å²) in [5.74, 6) is 0.893. The van der Waals surface area contributed by atoms with E-state index in [2.05, 4.69) is 11.4 Å². The minimum Gasteiger partial charge on any atom is -0.497 e. The molecule has 3 nitrogen and oxygen atoms in total. The van der Waals surface area contributed by atoms with Gasteiger partial charge in [-0.1, -0.05) is 25.0 Å². The lowest BCUT2D eigenvalue weighted by Gasteiger charge is -2.11. The molecule has 1 saturated carbocycles. The average Bonchev–Trinajstić information content (AvgIpc) is 2.96. The maximum absolute atomic E-state index is 5.69. The smallest absolute Gasteiger partial charge is 0.119 e. The molecule has 0 spiro atoms. The van der Waals surface area contributed by atoms with Crippen LogP contribution in [0, 0.1) is 0 Å². The van der Waals surface area contributed by atoms with Crippen LogP contribution in [0.5, 0.6) is 5.75 Å². The van der Waals surface area contributed by atoms with Gasteiger partial charge in [-0.15, -0.1) is 0 Å². The van der Waals surface area contributed by atoms with E-state index < -0.39 is 0 Å². The van der Waals surface area contributed by atoms with Gasteiger partial charge in [-0.3, -0.25) is 0 Å². The molecule has 0 amide bonds. The predicted octanol–water partition coefficient (Wildman–Crippen LogP) is 3.13. The summed E-state index contributed by atoms with van der Waals surface area (Å²) in [7, 11) is 1.69. The van der Waals surface area contributed by atoms with Gasteiger partial charge in [0.05, 0.1) is 13.7 Å². The minimum absolute atomic E-state index is 0.667. The fraction of sp³-hybridized carbons (Fsp3) is 0.625. The molecule has 0 radical (unpaired) electrons. The van der Waals surface area contributed by atoms with E-state index in [1.165, 1.54) is 31.2 Å². The Morgan fingerprint density at radius 2 is 2.11 bits per heavy atom. The highest BCUT2D eigenvalue weighted by molar-refractivity contribution is 5.27. The van der Waals surface area contributed by atoms with Gasteiger partial charge >= 0.3 is 0 Å². The third-order valence-electron chi connectivity index (χ3n) is 3.66. The molecule has 1 aromatic carbocycles. The van der Waals surface area contributed by atoms with E-state index in [-0.39, 0.29) is 0 Å². The summed E-state index contributed by atoms with van der Waals surface area (Å²) < 4.78 is 10.9. The van der Waals surface area contributed by atoms with E-state index in [9.17, 15) is 0 Å². The fourth-order valence-corrected chi connectivity index (χ4v) is 2.56. The van der Waals surface area contributed by atoms with Crippen molar-refractivity contribution < 1.29 is 9.47 Å². The molecule has 3 heteroatoms. The monoisotopic (exact) mass is 263 g/mol. The van der Waals surface area contributed by atoms with Crippen LogP contribution >= 0.6 is 0 Å². The van der Waals surface area contributed by atoms with E-state index in [1.54, 1.807) is 7.11 Å². The van der Waals surface area contributed by atoms with Gasteiger partial charge in [-0.25, -0.2) is 0 Å². The van der Waals surface area contributed by atoms with Crippen molar-refractivity contribution in [3.63, 3.8) is 0 Å². The van der Waals surface area contributed by atoms with Gasteiger partial charge in [-0.2, -0.15) is 0 Å². The number of nitrogens with one attached hydrogen (secondary N) is 1. The molecular formula is C16H25NO2. The van der Waals surface area contributed by atoms with Crippen LogP contribution in [-0.2, 0) is 11.3 Å². The second-order valence-electron chi connectivity index (χ2n) is 5.19. The van der Waals surface area contributed by atoms with E-state index in [0.717, 1.165) is 31.4 Å². The Morgan fingerprint density at radius 3 is 2.89 bits per heavy atom. The molecule has 0 unspecified atom stereocenters. The molecule has 0 aliphatic heterocycles. The van der Waals surface area contributed by atoms with E-state index in [0.29, 0.717) is 6.61 Å². The van der Waals surface area contributed by atoms with Crippen molar-refractivity contribution in [1.29, 1.82) is 0 Å². The first-order valence-corrected chi connectivity index (χ1v) is 7.32. The Labute approximate surface area is 116 Å². The van der Waals surface area contributed by atoms with Crippen LogP contribution < -0.4 is 10.1 Å². The van der Waals surface area contributed by atoms with Gasteiger partial charge in [0.1, 0.15) is 5.75 Å². The first-order valence-electron chi connectivity index (χ1n) is 7.32. The summed E-state index contributed by atoms with van der Waals surface area (Å²) in [6.07, 6.45) is 6.57. The summed E-state index contributed by atoms with van der Waals surface area (Å²) in [5.41, 5.74) is 1.17. The SMILES string of the molecule is COc1cccc(COCCCNC2CCCC2)c1. The summed E-state index contributed by atoms with van der Waals surface area (Å²) in [5, 5.41) is 3.60. The van der Waals surface area contributed by atoms with Gasteiger partial charge in [0.2, 0.25) is 0 Å². The van der Waals surface area contributed by atoms with Gasteiger partial charge in [-0.05, 0) is 43.5 Å². The minimum atomic E-state index is 0.667. The second kappa shape index (κ2) is 8.18. The molecular weight excluding hydrogens is 238 g/mol. The lowest BCUT2D eigenvalue weighted by atomic mass is 10.2. The van der Waals surface area contributed by atoms with E-state index >= 15 is 0 Å². The number of benzene rings is 1. The van der Waals surface area contributed by atoms with Crippen molar-refractivity contribution in [3.05, 3.63) is 29.8 Å². The molecule has 1 N–H and O–H groups in total. The van der Waals surface area contributed by atoms with Gasteiger partial charge in [0, 0.05) is 12.6 Å². The van der Waals surface area contributed by atoms with Gasteiger partial charge in [0.15, 0.2) is 0 Å². The van der Waals surface area contributed by atoms with Crippen molar-refractivity contribution in [2.45, 2.75) is 44.8 Å². The van der Waals surface area contributed by atoms with E-state index in [1.807, 2.05) is 18.2 Å². The third-order valence-corrected chi connectivity index (χ3v) is 3.66. The molecule has 0 atom stereocenters. The van der Waals surface area contributed by atoms with Crippen molar-refractivity contribution >= 4 is 0 Å². The van der Waals surface area contributed by atoms with Crippen LogP contribution in [0.25, 0.3) is 0 Å². The van der Waals surface area contributed by atoms with Crippen LogP contribution in [0.4, 0.5) is 0 Å². The number of ether oxygens (including phenoxy) is 2. The van der Waals surface area contributed by atoms with Crippen LogP contribution in [-0.4, -0.2) is 26.3 Å². The molecule has 1 aliphatic carbocycles. The maximum Gasteiger partial charge on any atom is 0.119 e. The molecule has 0 heterocycles. The Kier molecular flexibility index (Phi) is 6.18. The fourth-order valence-electron chi connectivity index (χ4n) is 2.56.